The first-order valence-corrected chi connectivity index (χ1v) is 11.2. The minimum Gasteiger partial charge on any atom is -0.384 e. The third kappa shape index (κ3) is 5.77. The molecule has 0 saturated carbocycles. The largest absolute Gasteiger partial charge is 0.384 e. The molecule has 192 valence electrons. The Bertz CT molecular complexity index is 1180. The summed E-state index contributed by atoms with van der Waals surface area (Å²) in [6.07, 6.45) is -3.22. The van der Waals surface area contributed by atoms with Crippen LogP contribution in [0.1, 0.15) is 5.56 Å². The summed E-state index contributed by atoms with van der Waals surface area (Å²) in [5.41, 5.74) is 7.12. The quantitative estimate of drug-likeness (QED) is 0.317. The Morgan fingerprint density at radius 2 is 1.83 bits per heavy atom. The lowest BCUT2D eigenvalue weighted by Gasteiger charge is -2.35. The van der Waals surface area contributed by atoms with Gasteiger partial charge >= 0.3 is 0 Å². The Hall–Kier alpha value is -3.22. The molecule has 2 aromatic rings. The van der Waals surface area contributed by atoms with Crippen molar-refractivity contribution < 1.29 is 29.0 Å². The number of amidine groups is 1. The van der Waals surface area contributed by atoms with Crippen LogP contribution in [0.2, 0.25) is 5.02 Å². The van der Waals surface area contributed by atoms with E-state index in [1.807, 2.05) is 0 Å². The Labute approximate surface area is 218 Å². The van der Waals surface area contributed by atoms with Gasteiger partial charge in [-0.15, -0.1) is 12.4 Å². The number of anilines is 3. The Kier molecular flexibility index (Phi) is 8.88. The summed E-state index contributed by atoms with van der Waals surface area (Å²) in [5, 5.41) is 20.7. The number of carbonyl (C=O) groups is 3. The first-order valence-electron chi connectivity index (χ1n) is 10.8. The number of hydrogen-bond donors (Lipinski definition) is 4. The second-order valence-corrected chi connectivity index (χ2v) is 8.35. The molecule has 2 aliphatic heterocycles. The summed E-state index contributed by atoms with van der Waals surface area (Å²) in [4.78, 5) is 41.0. The number of amides is 3. The number of halogens is 2. The summed E-state index contributed by atoms with van der Waals surface area (Å²) < 4.78 is 10.6. The Morgan fingerprint density at radius 3 is 2.50 bits per heavy atom. The van der Waals surface area contributed by atoms with E-state index < -0.39 is 24.0 Å². The zero-order valence-electron chi connectivity index (χ0n) is 19.0. The van der Waals surface area contributed by atoms with Crippen molar-refractivity contribution in [1.29, 1.82) is 5.41 Å². The number of nitrogens with one attached hydrogen (secondary N) is 2. The van der Waals surface area contributed by atoms with Gasteiger partial charge in [0.2, 0.25) is 0 Å². The molecular weight excluding hydrogens is 513 g/mol. The fourth-order valence-corrected chi connectivity index (χ4v) is 4.16. The highest BCUT2D eigenvalue weighted by Gasteiger charge is 2.39. The molecule has 3 amide bonds. The normalized spacial score (nSPS) is 18.9. The third-order valence-electron chi connectivity index (χ3n) is 5.64. The molecule has 2 aromatic carbocycles. The molecular formula is C23H25Cl2N5O6. The van der Waals surface area contributed by atoms with Gasteiger partial charge in [0.15, 0.2) is 12.2 Å². The number of rotatable bonds is 6. The van der Waals surface area contributed by atoms with Crippen LogP contribution in [0.4, 0.5) is 17.1 Å². The van der Waals surface area contributed by atoms with Gasteiger partial charge in [-0.1, -0.05) is 17.7 Å². The van der Waals surface area contributed by atoms with E-state index in [2.05, 4.69) is 5.32 Å². The molecule has 0 bridgehead atoms. The van der Waals surface area contributed by atoms with Crippen LogP contribution < -0.4 is 20.9 Å². The molecule has 2 fully saturated rings. The van der Waals surface area contributed by atoms with E-state index in [4.69, 9.17) is 32.2 Å². The first-order chi connectivity index (χ1) is 16.8. The lowest BCUT2D eigenvalue weighted by Crippen LogP contribution is -2.55. The van der Waals surface area contributed by atoms with Gasteiger partial charge in [0, 0.05) is 35.7 Å². The topological polar surface area (TPSA) is 158 Å². The standard InChI is InChI=1S/C23H24ClN5O6.ClH/c24-17-10-13(4-5-16(17)21(25)26)27-22(32)19(31)20-23(33)29(7-9-35-20)15-3-1-2-14(11-15)28-6-8-34-12-18(28)30;/h1-5,10-11,19-20,31H,6-9,12H2,(H3,25,26)(H,27,32);1H/t19-,20-;/m1./s1. The van der Waals surface area contributed by atoms with Gasteiger partial charge in [-0.2, -0.15) is 0 Å². The number of hydrogen-bond acceptors (Lipinski definition) is 7. The van der Waals surface area contributed by atoms with Gasteiger partial charge in [0.1, 0.15) is 12.4 Å². The van der Waals surface area contributed by atoms with Crippen molar-refractivity contribution in [2.24, 2.45) is 5.73 Å². The lowest BCUT2D eigenvalue weighted by molar-refractivity contribution is -0.150. The predicted octanol–water partition coefficient (Wildman–Crippen LogP) is 1.14. The van der Waals surface area contributed by atoms with Crippen LogP contribution in [0.5, 0.6) is 0 Å². The number of nitrogen functional groups attached to an aromatic ring is 1. The maximum absolute atomic E-state index is 13.2. The zero-order valence-corrected chi connectivity index (χ0v) is 20.6. The molecule has 4 rings (SSSR count). The van der Waals surface area contributed by atoms with Crippen LogP contribution in [0.3, 0.4) is 0 Å². The number of nitrogens with two attached hydrogens (primary N) is 1. The number of morpholine rings is 2. The molecule has 5 N–H and O–H groups in total. The molecule has 2 aliphatic rings. The predicted molar refractivity (Wildman–Crippen MR) is 136 cm³/mol. The Morgan fingerprint density at radius 1 is 1.14 bits per heavy atom. The van der Waals surface area contributed by atoms with Gasteiger partial charge in [-0.25, -0.2) is 0 Å². The van der Waals surface area contributed by atoms with Gasteiger partial charge in [0.05, 0.1) is 18.2 Å². The van der Waals surface area contributed by atoms with E-state index >= 15 is 0 Å². The highest BCUT2D eigenvalue weighted by molar-refractivity contribution is 6.34. The van der Waals surface area contributed by atoms with Crippen LogP contribution in [-0.4, -0.2) is 73.8 Å². The molecule has 36 heavy (non-hydrogen) atoms. The third-order valence-corrected chi connectivity index (χ3v) is 5.96. The molecule has 2 saturated heterocycles. The minimum absolute atomic E-state index is 0. The molecule has 0 spiro atoms. The van der Waals surface area contributed by atoms with Crippen molar-refractivity contribution >= 4 is 64.6 Å². The van der Waals surface area contributed by atoms with Crippen LogP contribution in [0.15, 0.2) is 42.5 Å². The van der Waals surface area contributed by atoms with Crippen molar-refractivity contribution in [3.05, 3.63) is 53.1 Å². The molecule has 11 nitrogen and oxygen atoms in total. The van der Waals surface area contributed by atoms with E-state index in [9.17, 15) is 19.5 Å². The van der Waals surface area contributed by atoms with Gasteiger partial charge in [0.25, 0.3) is 17.7 Å². The maximum atomic E-state index is 13.2. The van der Waals surface area contributed by atoms with Crippen molar-refractivity contribution in [3.63, 3.8) is 0 Å². The zero-order chi connectivity index (χ0) is 25.1. The smallest absolute Gasteiger partial charge is 0.259 e. The maximum Gasteiger partial charge on any atom is 0.259 e. The summed E-state index contributed by atoms with van der Waals surface area (Å²) in [6, 6.07) is 11.2. The van der Waals surface area contributed by atoms with E-state index in [0.717, 1.165) is 0 Å². The average Bonchev–Trinajstić information content (AvgIpc) is 2.84. The number of aliphatic hydroxyl groups excluding tert-OH is 1. The number of ether oxygens (including phenoxy) is 2. The molecule has 0 aromatic heterocycles. The van der Waals surface area contributed by atoms with E-state index in [0.29, 0.717) is 30.1 Å². The van der Waals surface area contributed by atoms with Crippen molar-refractivity contribution in [2.75, 3.05) is 48.0 Å². The molecule has 2 atom stereocenters. The van der Waals surface area contributed by atoms with Crippen LogP contribution in [-0.2, 0) is 23.9 Å². The number of benzene rings is 2. The van der Waals surface area contributed by atoms with Gasteiger partial charge in [-0.05, 0) is 36.4 Å². The van der Waals surface area contributed by atoms with Crippen molar-refractivity contribution in [3.8, 4) is 0 Å². The first kappa shape index (κ1) is 27.4. The fourth-order valence-electron chi connectivity index (χ4n) is 3.87. The van der Waals surface area contributed by atoms with Crippen LogP contribution in [0.25, 0.3) is 0 Å². The average molecular weight is 538 g/mol. The summed E-state index contributed by atoms with van der Waals surface area (Å²) in [5.74, 6) is -1.85. The van der Waals surface area contributed by atoms with E-state index in [1.165, 1.54) is 23.1 Å². The molecule has 13 heteroatoms. The SMILES string of the molecule is Cl.N=C(N)c1ccc(NC(=O)[C@H](O)[C@H]2OCCN(c3cccc(N4CCOCC4=O)c3)C2=O)cc1Cl. The number of aliphatic hydroxyl groups is 1. The summed E-state index contributed by atoms with van der Waals surface area (Å²) in [7, 11) is 0. The number of nitrogens with zero attached hydrogens (tertiary/aromatic N) is 2. The van der Waals surface area contributed by atoms with Crippen molar-refractivity contribution in [2.45, 2.75) is 12.2 Å². The van der Waals surface area contributed by atoms with Crippen molar-refractivity contribution in [1.82, 2.24) is 0 Å². The molecule has 2 heterocycles. The summed E-state index contributed by atoms with van der Waals surface area (Å²) >= 11 is 6.07. The van der Waals surface area contributed by atoms with E-state index in [-0.39, 0.29) is 54.6 Å². The molecule has 0 radical (unpaired) electrons. The van der Waals surface area contributed by atoms with Crippen LogP contribution in [0, 0.1) is 5.41 Å². The van der Waals surface area contributed by atoms with Gasteiger partial charge in [-0.3, -0.25) is 19.8 Å². The van der Waals surface area contributed by atoms with Gasteiger partial charge < -0.3 is 35.4 Å². The highest BCUT2D eigenvalue weighted by Crippen LogP contribution is 2.27. The Balaban J connectivity index is 0.00000361. The summed E-state index contributed by atoms with van der Waals surface area (Å²) in [6.45, 7) is 1.12. The second kappa shape index (κ2) is 11.7. The molecule has 0 aliphatic carbocycles. The van der Waals surface area contributed by atoms with E-state index in [1.54, 1.807) is 29.2 Å². The fraction of sp³-hybridized carbons (Fsp3) is 0.304. The second-order valence-electron chi connectivity index (χ2n) is 7.94. The minimum atomic E-state index is -1.79. The van der Waals surface area contributed by atoms with Crippen LogP contribution >= 0.6 is 24.0 Å². The highest BCUT2D eigenvalue weighted by atomic mass is 35.5. The molecule has 0 unspecified atom stereocenters. The number of carbonyl (C=O) groups excluding carboxylic acids is 3. The monoisotopic (exact) mass is 537 g/mol. The lowest BCUT2D eigenvalue weighted by atomic mass is 10.1.